The summed E-state index contributed by atoms with van der Waals surface area (Å²) in [6.07, 6.45) is 1.43. The van der Waals surface area contributed by atoms with E-state index < -0.39 is 5.97 Å². The quantitative estimate of drug-likeness (QED) is 0.179. The highest BCUT2D eigenvalue weighted by Crippen LogP contribution is 2.25. The number of carboxylic acid groups (broad SMARTS) is 1. The van der Waals surface area contributed by atoms with Gasteiger partial charge in [0.05, 0.1) is 5.56 Å². The number of hydrogen-bond donors (Lipinski definition) is 1. The highest BCUT2D eigenvalue weighted by molar-refractivity contribution is 5.90. The lowest BCUT2D eigenvalue weighted by Crippen LogP contribution is -2.13. The minimum absolute atomic E-state index is 0.141. The molecule has 43 heavy (non-hydrogen) atoms. The predicted octanol–water partition coefficient (Wildman–Crippen LogP) is 6.29. The van der Waals surface area contributed by atoms with E-state index in [0.717, 1.165) is 34.4 Å². The second-order valence-electron chi connectivity index (χ2n) is 9.11. The lowest BCUT2D eigenvalue weighted by atomic mass is 10.1. The molecule has 1 N–H and O–H groups in total. The SMILES string of the molecule is C=NC.CN(C=O)c1ccc(-c2nc(-c3ccccc3)nc(-c3ccccc3)n2)cc1.Cc1ccc(C(=O)O)cc1C=O. The van der Waals surface area contributed by atoms with Crippen LogP contribution in [0.25, 0.3) is 34.2 Å². The molecular formula is C34H31N5O4. The molecule has 0 aliphatic rings. The van der Waals surface area contributed by atoms with E-state index in [1.807, 2.05) is 84.9 Å². The fraction of sp³-hybridized carbons (Fsp3) is 0.0882. The van der Waals surface area contributed by atoms with Crippen LogP contribution in [-0.2, 0) is 4.79 Å². The Labute approximate surface area is 250 Å². The summed E-state index contributed by atoms with van der Waals surface area (Å²) in [4.78, 5) is 50.7. The summed E-state index contributed by atoms with van der Waals surface area (Å²) in [6, 6.07) is 31.7. The van der Waals surface area contributed by atoms with E-state index in [1.54, 1.807) is 27.1 Å². The average molecular weight is 574 g/mol. The normalized spacial score (nSPS) is 9.74. The lowest BCUT2D eigenvalue weighted by Gasteiger charge is -2.11. The molecule has 0 saturated carbocycles. The smallest absolute Gasteiger partial charge is 0.335 e. The molecular weight excluding hydrogens is 542 g/mol. The number of hydrogen-bond acceptors (Lipinski definition) is 7. The van der Waals surface area contributed by atoms with E-state index in [0.29, 0.717) is 29.3 Å². The minimum atomic E-state index is -1.02. The minimum Gasteiger partial charge on any atom is -0.478 e. The molecule has 0 fully saturated rings. The maximum Gasteiger partial charge on any atom is 0.335 e. The molecule has 1 heterocycles. The van der Waals surface area contributed by atoms with Crippen LogP contribution in [0.4, 0.5) is 5.69 Å². The van der Waals surface area contributed by atoms with Gasteiger partial charge in [0.2, 0.25) is 6.41 Å². The van der Waals surface area contributed by atoms with E-state index in [1.165, 1.54) is 17.0 Å². The second-order valence-corrected chi connectivity index (χ2v) is 9.11. The van der Waals surface area contributed by atoms with Gasteiger partial charge in [0, 0.05) is 42.0 Å². The molecule has 9 heteroatoms. The van der Waals surface area contributed by atoms with Crippen molar-refractivity contribution in [2.75, 3.05) is 19.0 Å². The molecule has 0 bridgehead atoms. The van der Waals surface area contributed by atoms with Crippen molar-refractivity contribution in [3.05, 3.63) is 120 Å². The number of amides is 1. The molecule has 5 rings (SSSR count). The largest absolute Gasteiger partial charge is 0.478 e. The first-order valence-electron chi connectivity index (χ1n) is 13.1. The highest BCUT2D eigenvalue weighted by Gasteiger charge is 2.12. The first-order chi connectivity index (χ1) is 20.8. The Bertz CT molecular complexity index is 1620. The van der Waals surface area contributed by atoms with E-state index in [4.69, 9.17) is 5.11 Å². The van der Waals surface area contributed by atoms with Gasteiger partial charge in [-0.3, -0.25) is 9.59 Å². The van der Waals surface area contributed by atoms with Gasteiger partial charge in [-0.25, -0.2) is 19.7 Å². The summed E-state index contributed by atoms with van der Waals surface area (Å²) in [5, 5.41) is 8.58. The highest BCUT2D eigenvalue weighted by atomic mass is 16.4. The molecule has 5 aromatic rings. The van der Waals surface area contributed by atoms with Gasteiger partial charge in [-0.1, -0.05) is 66.7 Å². The van der Waals surface area contributed by atoms with Gasteiger partial charge >= 0.3 is 5.97 Å². The molecule has 9 nitrogen and oxygen atoms in total. The number of rotatable bonds is 7. The predicted molar refractivity (Wildman–Crippen MR) is 170 cm³/mol. The number of carbonyl (C=O) groups is 3. The molecule has 1 amide bonds. The maximum atomic E-state index is 11.0. The molecule has 0 atom stereocenters. The zero-order valence-electron chi connectivity index (χ0n) is 24.1. The van der Waals surface area contributed by atoms with Crippen LogP contribution in [0.15, 0.2) is 108 Å². The Kier molecular flexibility index (Phi) is 11.7. The first-order valence-corrected chi connectivity index (χ1v) is 13.1. The van der Waals surface area contributed by atoms with Gasteiger partial charge in [0.15, 0.2) is 17.5 Å². The zero-order valence-corrected chi connectivity index (χ0v) is 24.1. The Morgan fingerprint density at radius 1 is 0.767 bits per heavy atom. The second kappa shape index (κ2) is 15.8. The van der Waals surface area contributed by atoms with E-state index in [2.05, 4.69) is 26.7 Å². The average Bonchev–Trinajstić information content (AvgIpc) is 3.06. The summed E-state index contributed by atoms with van der Waals surface area (Å²) in [5.41, 5.74) is 4.88. The van der Waals surface area contributed by atoms with Crippen LogP contribution in [0.1, 0.15) is 26.3 Å². The molecule has 0 radical (unpaired) electrons. The van der Waals surface area contributed by atoms with Crippen LogP contribution < -0.4 is 4.90 Å². The van der Waals surface area contributed by atoms with Gasteiger partial charge in [0.25, 0.3) is 0 Å². The van der Waals surface area contributed by atoms with Gasteiger partial charge in [-0.2, -0.15) is 0 Å². The van der Waals surface area contributed by atoms with E-state index >= 15 is 0 Å². The van der Waals surface area contributed by atoms with Crippen molar-refractivity contribution in [2.24, 2.45) is 4.99 Å². The van der Waals surface area contributed by atoms with Crippen LogP contribution >= 0.6 is 0 Å². The number of carboxylic acids is 1. The molecule has 0 spiro atoms. The van der Waals surface area contributed by atoms with E-state index in [-0.39, 0.29) is 5.56 Å². The number of aromatic carboxylic acids is 1. The van der Waals surface area contributed by atoms with Crippen LogP contribution in [0, 0.1) is 6.92 Å². The molecule has 0 saturated heterocycles. The molecule has 0 aliphatic heterocycles. The molecule has 0 unspecified atom stereocenters. The number of benzene rings is 4. The first kappa shape index (κ1) is 31.7. The number of aliphatic imine (C=N–C) groups is 1. The van der Waals surface area contributed by atoms with Crippen molar-refractivity contribution >= 4 is 31.1 Å². The molecule has 4 aromatic carbocycles. The zero-order chi connectivity index (χ0) is 31.2. The lowest BCUT2D eigenvalue weighted by molar-refractivity contribution is -0.107. The fourth-order valence-corrected chi connectivity index (χ4v) is 3.74. The third-order valence-corrected chi connectivity index (χ3v) is 6.04. The third kappa shape index (κ3) is 8.83. The Morgan fingerprint density at radius 2 is 1.21 bits per heavy atom. The number of nitrogens with zero attached hydrogens (tertiary/aromatic N) is 5. The van der Waals surface area contributed by atoms with E-state index in [9.17, 15) is 14.4 Å². The number of aromatic nitrogens is 3. The standard InChI is InChI=1S/C23H18N4O.C9H8O3.C2H5N/c1-27(16-28)20-14-12-19(13-15-20)23-25-21(17-8-4-2-5-9-17)24-22(26-23)18-10-6-3-7-11-18;1-6-2-3-7(9(11)12)4-8(6)5-10;1-3-2/h2-16H,1H3;2-5H,1H3,(H,11,12);1H2,2H3. The van der Waals surface area contributed by atoms with Gasteiger partial charge < -0.3 is 15.0 Å². The van der Waals surface area contributed by atoms with Crippen LogP contribution in [0.5, 0.6) is 0 Å². The van der Waals surface area contributed by atoms with Crippen LogP contribution in [0.2, 0.25) is 0 Å². The van der Waals surface area contributed by atoms with Crippen molar-refractivity contribution in [2.45, 2.75) is 6.92 Å². The van der Waals surface area contributed by atoms with Crippen LogP contribution in [0.3, 0.4) is 0 Å². The van der Waals surface area contributed by atoms with Gasteiger partial charge in [-0.15, -0.1) is 0 Å². The molecule has 216 valence electrons. The maximum absolute atomic E-state index is 11.0. The molecule has 1 aromatic heterocycles. The third-order valence-electron chi connectivity index (χ3n) is 6.04. The van der Waals surface area contributed by atoms with Crippen molar-refractivity contribution < 1.29 is 19.5 Å². The summed E-state index contributed by atoms with van der Waals surface area (Å²) in [5.74, 6) is 0.822. The summed E-state index contributed by atoms with van der Waals surface area (Å²) in [7, 11) is 3.35. The Morgan fingerprint density at radius 3 is 1.60 bits per heavy atom. The summed E-state index contributed by atoms with van der Waals surface area (Å²) < 4.78 is 0. The number of anilines is 1. The number of aldehydes is 1. The van der Waals surface area contributed by atoms with Crippen molar-refractivity contribution in [1.29, 1.82) is 0 Å². The number of carbonyl (C=O) groups excluding carboxylic acids is 2. The Hall–Kier alpha value is -5.83. The fourth-order valence-electron chi connectivity index (χ4n) is 3.74. The van der Waals surface area contributed by atoms with Crippen molar-refractivity contribution in [3.8, 4) is 34.2 Å². The summed E-state index contributed by atoms with van der Waals surface area (Å²) >= 11 is 0. The van der Waals surface area contributed by atoms with Gasteiger partial charge in [-0.05, 0) is 55.6 Å². The Balaban J connectivity index is 0.000000282. The van der Waals surface area contributed by atoms with Crippen molar-refractivity contribution in [1.82, 2.24) is 15.0 Å². The van der Waals surface area contributed by atoms with Gasteiger partial charge in [0.1, 0.15) is 6.29 Å². The van der Waals surface area contributed by atoms with Crippen molar-refractivity contribution in [3.63, 3.8) is 0 Å². The monoisotopic (exact) mass is 573 g/mol. The number of aryl methyl sites for hydroxylation is 1. The molecule has 0 aliphatic carbocycles. The summed E-state index contributed by atoms with van der Waals surface area (Å²) in [6.45, 7) is 4.87. The van der Waals surface area contributed by atoms with Crippen LogP contribution in [-0.4, -0.2) is 59.5 Å². The topological polar surface area (TPSA) is 126 Å².